The Balaban J connectivity index is 1.81. The van der Waals surface area contributed by atoms with E-state index in [1.54, 1.807) is 18.2 Å². The van der Waals surface area contributed by atoms with Crippen molar-refractivity contribution < 1.29 is 19.0 Å². The predicted molar refractivity (Wildman–Crippen MR) is 84.0 cm³/mol. The van der Waals surface area contributed by atoms with Crippen molar-refractivity contribution in [3.05, 3.63) is 65.5 Å². The van der Waals surface area contributed by atoms with Crippen molar-refractivity contribution in [3.8, 4) is 5.75 Å². The van der Waals surface area contributed by atoms with Crippen LogP contribution >= 0.6 is 0 Å². The van der Waals surface area contributed by atoms with Crippen molar-refractivity contribution in [2.75, 3.05) is 19.7 Å². The third kappa shape index (κ3) is 3.51. The molecule has 1 N–H and O–H groups in total. The number of carboxylic acids is 1. The molecule has 23 heavy (non-hydrogen) atoms. The molecule has 0 aromatic heterocycles. The van der Waals surface area contributed by atoms with Gasteiger partial charge >= 0.3 is 5.97 Å². The molecule has 4 nitrogen and oxygen atoms in total. The zero-order valence-corrected chi connectivity index (χ0v) is 12.6. The standard InChI is InChI=1S/C18H18FNO3/c19-14-5-3-4-13(12-14)8-9-20-10-11-23-16-7-2-1-6-15(16)17(20)18(21)22/h1-7,12,17H,8-11H2,(H,21,22). The Hall–Kier alpha value is -2.40. The normalized spacial score (nSPS) is 17.9. The zero-order chi connectivity index (χ0) is 16.2. The van der Waals surface area contributed by atoms with E-state index in [1.807, 2.05) is 23.1 Å². The number of fused-ring (bicyclic) bond motifs is 1. The average molecular weight is 315 g/mol. The molecule has 0 aliphatic carbocycles. The number of benzene rings is 2. The molecular weight excluding hydrogens is 297 g/mol. The minimum absolute atomic E-state index is 0.276. The first-order valence-electron chi connectivity index (χ1n) is 7.58. The molecule has 1 atom stereocenters. The van der Waals surface area contributed by atoms with Gasteiger partial charge in [0, 0.05) is 18.7 Å². The van der Waals surface area contributed by atoms with E-state index >= 15 is 0 Å². The summed E-state index contributed by atoms with van der Waals surface area (Å²) < 4.78 is 18.9. The largest absolute Gasteiger partial charge is 0.492 e. The molecule has 3 rings (SSSR count). The van der Waals surface area contributed by atoms with Crippen LogP contribution in [-0.2, 0) is 11.2 Å². The molecular formula is C18H18FNO3. The highest BCUT2D eigenvalue weighted by Gasteiger charge is 2.31. The summed E-state index contributed by atoms with van der Waals surface area (Å²) in [5, 5.41) is 9.66. The Morgan fingerprint density at radius 2 is 2.09 bits per heavy atom. The van der Waals surface area contributed by atoms with Crippen molar-refractivity contribution in [2.45, 2.75) is 12.5 Å². The number of hydrogen-bond donors (Lipinski definition) is 1. The Labute approximate surface area is 134 Å². The maximum absolute atomic E-state index is 13.3. The quantitative estimate of drug-likeness (QED) is 0.942. The molecule has 2 aromatic rings. The maximum atomic E-state index is 13.3. The second-order valence-corrected chi connectivity index (χ2v) is 5.54. The molecule has 0 radical (unpaired) electrons. The Morgan fingerprint density at radius 3 is 2.87 bits per heavy atom. The van der Waals surface area contributed by atoms with Crippen LogP contribution in [0.25, 0.3) is 0 Å². The van der Waals surface area contributed by atoms with E-state index in [2.05, 4.69) is 0 Å². The number of halogens is 1. The van der Waals surface area contributed by atoms with Gasteiger partial charge in [0.15, 0.2) is 0 Å². The van der Waals surface area contributed by atoms with Gasteiger partial charge in [-0.15, -0.1) is 0 Å². The lowest BCUT2D eigenvalue weighted by Gasteiger charge is -2.26. The van der Waals surface area contributed by atoms with E-state index in [0.717, 1.165) is 5.56 Å². The van der Waals surface area contributed by atoms with Crippen LogP contribution in [0.1, 0.15) is 17.2 Å². The van der Waals surface area contributed by atoms with E-state index in [9.17, 15) is 14.3 Å². The van der Waals surface area contributed by atoms with Crippen molar-refractivity contribution in [1.29, 1.82) is 0 Å². The Bertz CT molecular complexity index is 704. The van der Waals surface area contributed by atoms with Crippen LogP contribution in [0.2, 0.25) is 0 Å². The number of carbonyl (C=O) groups is 1. The van der Waals surface area contributed by atoms with Gasteiger partial charge in [-0.2, -0.15) is 0 Å². The van der Waals surface area contributed by atoms with Crippen LogP contribution in [0.4, 0.5) is 4.39 Å². The van der Waals surface area contributed by atoms with Gasteiger partial charge in [-0.1, -0.05) is 30.3 Å². The lowest BCUT2D eigenvalue weighted by atomic mass is 10.0. The lowest BCUT2D eigenvalue weighted by molar-refractivity contribution is -0.143. The molecule has 0 amide bonds. The molecule has 1 unspecified atom stereocenters. The fourth-order valence-corrected chi connectivity index (χ4v) is 2.93. The number of para-hydroxylation sites is 1. The summed E-state index contributed by atoms with van der Waals surface area (Å²) in [4.78, 5) is 13.7. The molecule has 120 valence electrons. The van der Waals surface area contributed by atoms with E-state index in [1.165, 1.54) is 12.1 Å². The summed E-state index contributed by atoms with van der Waals surface area (Å²) in [6.45, 7) is 1.48. The van der Waals surface area contributed by atoms with Crippen molar-refractivity contribution in [2.24, 2.45) is 0 Å². The van der Waals surface area contributed by atoms with Gasteiger partial charge in [0.2, 0.25) is 0 Å². The van der Waals surface area contributed by atoms with E-state index < -0.39 is 12.0 Å². The third-order valence-electron chi connectivity index (χ3n) is 4.03. The molecule has 0 spiro atoms. The second-order valence-electron chi connectivity index (χ2n) is 5.54. The Morgan fingerprint density at radius 1 is 1.26 bits per heavy atom. The number of hydrogen-bond acceptors (Lipinski definition) is 3. The second kappa shape index (κ2) is 6.79. The molecule has 0 saturated carbocycles. The molecule has 2 aromatic carbocycles. The lowest BCUT2D eigenvalue weighted by Crippen LogP contribution is -2.36. The van der Waals surface area contributed by atoms with Crippen LogP contribution in [0.5, 0.6) is 5.75 Å². The van der Waals surface area contributed by atoms with Gasteiger partial charge in [-0.05, 0) is 30.2 Å². The van der Waals surface area contributed by atoms with Gasteiger partial charge in [0.05, 0.1) is 0 Å². The van der Waals surface area contributed by atoms with Crippen LogP contribution in [0.3, 0.4) is 0 Å². The van der Waals surface area contributed by atoms with Crippen LogP contribution in [0, 0.1) is 5.82 Å². The van der Waals surface area contributed by atoms with E-state index in [0.29, 0.717) is 37.4 Å². The van der Waals surface area contributed by atoms with Crippen molar-refractivity contribution in [1.82, 2.24) is 4.90 Å². The molecule has 0 fully saturated rings. The maximum Gasteiger partial charge on any atom is 0.325 e. The molecule has 1 aliphatic heterocycles. The summed E-state index contributed by atoms with van der Waals surface area (Å²) in [6.07, 6.45) is 0.587. The van der Waals surface area contributed by atoms with Crippen molar-refractivity contribution in [3.63, 3.8) is 0 Å². The number of rotatable bonds is 4. The van der Waals surface area contributed by atoms with Gasteiger partial charge < -0.3 is 9.84 Å². The summed E-state index contributed by atoms with van der Waals surface area (Å²) in [5.41, 5.74) is 1.52. The minimum Gasteiger partial charge on any atom is -0.492 e. The molecule has 0 saturated heterocycles. The highest BCUT2D eigenvalue weighted by molar-refractivity contribution is 5.77. The SMILES string of the molecule is O=C(O)C1c2ccccc2OCCN1CCc1cccc(F)c1. The van der Waals surface area contributed by atoms with Crippen LogP contribution in [-0.4, -0.2) is 35.7 Å². The van der Waals surface area contributed by atoms with Crippen LogP contribution < -0.4 is 4.74 Å². The monoisotopic (exact) mass is 315 g/mol. The third-order valence-corrected chi connectivity index (χ3v) is 4.03. The van der Waals surface area contributed by atoms with Gasteiger partial charge in [0.1, 0.15) is 24.2 Å². The van der Waals surface area contributed by atoms with Gasteiger partial charge in [0.25, 0.3) is 0 Å². The van der Waals surface area contributed by atoms with E-state index in [-0.39, 0.29) is 5.82 Å². The zero-order valence-electron chi connectivity index (χ0n) is 12.6. The number of ether oxygens (including phenoxy) is 1. The van der Waals surface area contributed by atoms with Gasteiger partial charge in [-0.3, -0.25) is 9.69 Å². The highest BCUT2D eigenvalue weighted by atomic mass is 19.1. The molecule has 1 heterocycles. The summed E-state index contributed by atoms with van der Waals surface area (Å²) in [6, 6.07) is 12.9. The predicted octanol–water partition coefficient (Wildman–Crippen LogP) is 2.89. The summed E-state index contributed by atoms with van der Waals surface area (Å²) in [7, 11) is 0. The summed E-state index contributed by atoms with van der Waals surface area (Å²) >= 11 is 0. The number of carboxylic acid groups (broad SMARTS) is 1. The molecule has 5 heteroatoms. The molecule has 0 bridgehead atoms. The number of aliphatic carboxylic acids is 1. The first kappa shape index (κ1) is 15.5. The molecule has 1 aliphatic rings. The summed E-state index contributed by atoms with van der Waals surface area (Å²) in [5.74, 6) is -0.558. The average Bonchev–Trinajstić information content (AvgIpc) is 2.72. The fourth-order valence-electron chi connectivity index (χ4n) is 2.93. The first-order valence-corrected chi connectivity index (χ1v) is 7.58. The number of nitrogens with zero attached hydrogens (tertiary/aromatic N) is 1. The fraction of sp³-hybridized carbons (Fsp3) is 0.278. The van der Waals surface area contributed by atoms with Crippen molar-refractivity contribution >= 4 is 5.97 Å². The van der Waals surface area contributed by atoms with Gasteiger partial charge in [-0.25, -0.2) is 4.39 Å². The van der Waals surface area contributed by atoms with E-state index in [4.69, 9.17) is 4.74 Å². The smallest absolute Gasteiger partial charge is 0.325 e. The van der Waals surface area contributed by atoms with Crippen LogP contribution in [0.15, 0.2) is 48.5 Å². The minimum atomic E-state index is -0.901. The highest BCUT2D eigenvalue weighted by Crippen LogP contribution is 2.32. The first-order chi connectivity index (χ1) is 11.1. The topological polar surface area (TPSA) is 49.8 Å². The Kier molecular flexibility index (Phi) is 4.57.